The quantitative estimate of drug-likeness (QED) is 0.777. The highest BCUT2D eigenvalue weighted by Crippen LogP contribution is 2.05. The Morgan fingerprint density at radius 3 is 2.72 bits per heavy atom. The first-order valence-electron chi connectivity index (χ1n) is 5.70. The van der Waals surface area contributed by atoms with Gasteiger partial charge in [-0.05, 0) is 13.8 Å². The molecular weight excluding hydrogens is 250 g/mol. The minimum Gasteiger partial charge on any atom is -0.393 e. The lowest BCUT2D eigenvalue weighted by Gasteiger charge is -2.26. The van der Waals surface area contributed by atoms with Crippen molar-refractivity contribution in [2.75, 3.05) is 6.54 Å². The van der Waals surface area contributed by atoms with Crippen molar-refractivity contribution < 1.29 is 4.79 Å². The van der Waals surface area contributed by atoms with Crippen LogP contribution in [-0.4, -0.2) is 33.4 Å². The molecular formula is C12H17N3O2S. The Kier molecular flexibility index (Phi) is 5.03. The number of thiocarbonyl (C=S) groups is 1. The Bertz CT molecular complexity index is 496. The van der Waals surface area contributed by atoms with Gasteiger partial charge >= 0.3 is 0 Å². The summed E-state index contributed by atoms with van der Waals surface area (Å²) in [5.41, 5.74) is 5.28. The molecule has 0 aliphatic heterocycles. The third-order valence-electron chi connectivity index (χ3n) is 2.54. The predicted octanol–water partition coefficient (Wildman–Crippen LogP) is 0.902. The summed E-state index contributed by atoms with van der Waals surface area (Å²) in [6, 6.07) is 1.31. The van der Waals surface area contributed by atoms with Crippen LogP contribution in [0, 0.1) is 0 Å². The lowest BCUT2D eigenvalue weighted by molar-refractivity contribution is 0.0710. The molecule has 98 valence electrons. The second-order valence-corrected chi connectivity index (χ2v) is 4.76. The maximum Gasteiger partial charge on any atom is 0.259 e. The summed E-state index contributed by atoms with van der Waals surface area (Å²) in [6.45, 7) is 4.18. The van der Waals surface area contributed by atoms with Gasteiger partial charge in [0.15, 0.2) is 5.43 Å². The number of carbonyl (C=O) groups excluding carboxylic acids is 1. The van der Waals surface area contributed by atoms with E-state index in [1.807, 2.05) is 13.8 Å². The summed E-state index contributed by atoms with van der Waals surface area (Å²) < 4.78 is 0. The Labute approximate surface area is 111 Å². The Morgan fingerprint density at radius 1 is 1.56 bits per heavy atom. The van der Waals surface area contributed by atoms with Crippen LogP contribution in [0.1, 0.15) is 30.6 Å². The molecule has 0 radical (unpaired) electrons. The molecule has 1 aromatic rings. The number of aromatic nitrogens is 1. The number of hydrogen-bond donors (Lipinski definition) is 2. The van der Waals surface area contributed by atoms with Gasteiger partial charge in [-0.25, -0.2) is 0 Å². The Balaban J connectivity index is 2.93. The van der Waals surface area contributed by atoms with Gasteiger partial charge in [-0.2, -0.15) is 0 Å². The normalized spacial score (nSPS) is 10.4. The van der Waals surface area contributed by atoms with Crippen LogP contribution in [0.15, 0.2) is 23.3 Å². The Morgan fingerprint density at radius 2 is 2.22 bits per heavy atom. The molecule has 0 saturated heterocycles. The van der Waals surface area contributed by atoms with Crippen LogP contribution in [0.5, 0.6) is 0 Å². The van der Waals surface area contributed by atoms with Crippen molar-refractivity contribution in [1.29, 1.82) is 0 Å². The van der Waals surface area contributed by atoms with E-state index in [4.69, 9.17) is 18.0 Å². The molecule has 0 atom stereocenters. The third-order valence-corrected chi connectivity index (χ3v) is 2.74. The number of nitrogens with two attached hydrogens (primary N) is 1. The summed E-state index contributed by atoms with van der Waals surface area (Å²) in [5, 5.41) is 0. The average molecular weight is 267 g/mol. The molecule has 0 aliphatic carbocycles. The fourth-order valence-corrected chi connectivity index (χ4v) is 1.65. The van der Waals surface area contributed by atoms with Gasteiger partial charge in [-0.3, -0.25) is 9.59 Å². The first-order chi connectivity index (χ1) is 8.43. The van der Waals surface area contributed by atoms with Crippen LogP contribution in [0.3, 0.4) is 0 Å². The summed E-state index contributed by atoms with van der Waals surface area (Å²) in [6.07, 6.45) is 3.36. The van der Waals surface area contributed by atoms with E-state index < -0.39 is 0 Å². The topological polar surface area (TPSA) is 79.2 Å². The fourth-order valence-electron chi connectivity index (χ4n) is 1.56. The highest BCUT2D eigenvalue weighted by Gasteiger charge is 2.20. The summed E-state index contributed by atoms with van der Waals surface area (Å²) in [5.74, 6) is -0.303. The molecule has 6 heteroatoms. The van der Waals surface area contributed by atoms with E-state index in [1.165, 1.54) is 18.5 Å². The van der Waals surface area contributed by atoms with E-state index in [2.05, 4.69) is 4.98 Å². The van der Waals surface area contributed by atoms with Gasteiger partial charge in [-0.15, -0.1) is 0 Å². The van der Waals surface area contributed by atoms with E-state index in [9.17, 15) is 9.59 Å². The van der Waals surface area contributed by atoms with Crippen LogP contribution in [0.4, 0.5) is 0 Å². The smallest absolute Gasteiger partial charge is 0.259 e. The van der Waals surface area contributed by atoms with Gasteiger partial charge in [0.1, 0.15) is 5.56 Å². The van der Waals surface area contributed by atoms with Crippen molar-refractivity contribution in [2.45, 2.75) is 26.3 Å². The van der Waals surface area contributed by atoms with E-state index in [1.54, 1.807) is 4.90 Å². The molecule has 1 heterocycles. The average Bonchev–Trinajstić information content (AvgIpc) is 2.28. The highest BCUT2D eigenvalue weighted by molar-refractivity contribution is 7.80. The largest absolute Gasteiger partial charge is 0.393 e. The minimum atomic E-state index is -0.303. The molecule has 0 saturated carbocycles. The summed E-state index contributed by atoms with van der Waals surface area (Å²) in [4.78, 5) is 28.5. The molecule has 0 aromatic carbocycles. The highest BCUT2D eigenvalue weighted by atomic mass is 32.1. The van der Waals surface area contributed by atoms with Crippen LogP contribution in [-0.2, 0) is 0 Å². The SMILES string of the molecule is CC(C)N(CCC(N)=S)C(=O)c1c[nH]ccc1=O. The van der Waals surface area contributed by atoms with Gasteiger partial charge in [0, 0.05) is 37.5 Å². The number of aromatic amines is 1. The van der Waals surface area contributed by atoms with Crippen LogP contribution < -0.4 is 11.2 Å². The zero-order valence-electron chi connectivity index (χ0n) is 10.5. The summed E-state index contributed by atoms with van der Waals surface area (Å²) >= 11 is 4.80. The number of rotatable bonds is 5. The van der Waals surface area contributed by atoms with E-state index in [-0.39, 0.29) is 22.9 Å². The lowest BCUT2D eigenvalue weighted by Crippen LogP contribution is -2.40. The summed E-state index contributed by atoms with van der Waals surface area (Å²) in [7, 11) is 0. The van der Waals surface area contributed by atoms with Gasteiger partial charge in [-0.1, -0.05) is 12.2 Å². The van der Waals surface area contributed by atoms with Gasteiger partial charge < -0.3 is 15.6 Å². The van der Waals surface area contributed by atoms with E-state index >= 15 is 0 Å². The van der Waals surface area contributed by atoms with Crippen LogP contribution in [0.25, 0.3) is 0 Å². The van der Waals surface area contributed by atoms with Gasteiger partial charge in [0.05, 0.1) is 4.99 Å². The number of hydrogen-bond acceptors (Lipinski definition) is 3. The molecule has 0 aliphatic rings. The van der Waals surface area contributed by atoms with Crippen LogP contribution >= 0.6 is 12.2 Å². The van der Waals surface area contributed by atoms with Gasteiger partial charge in [0.25, 0.3) is 5.91 Å². The molecule has 0 unspecified atom stereocenters. The Hall–Kier alpha value is -1.69. The number of H-pyrrole nitrogens is 1. The van der Waals surface area contributed by atoms with E-state index in [0.29, 0.717) is 18.0 Å². The molecule has 0 bridgehead atoms. The maximum absolute atomic E-state index is 12.2. The van der Waals surface area contributed by atoms with Crippen LogP contribution in [0.2, 0.25) is 0 Å². The van der Waals surface area contributed by atoms with Gasteiger partial charge in [0.2, 0.25) is 0 Å². The number of nitrogens with zero attached hydrogens (tertiary/aromatic N) is 1. The van der Waals surface area contributed by atoms with Crippen molar-refractivity contribution in [1.82, 2.24) is 9.88 Å². The molecule has 5 nitrogen and oxygen atoms in total. The third kappa shape index (κ3) is 3.66. The molecule has 3 N–H and O–H groups in total. The molecule has 1 rings (SSSR count). The van der Waals surface area contributed by atoms with Crippen molar-refractivity contribution in [3.63, 3.8) is 0 Å². The van der Waals surface area contributed by atoms with Crippen molar-refractivity contribution in [3.05, 3.63) is 34.2 Å². The zero-order valence-corrected chi connectivity index (χ0v) is 11.3. The maximum atomic E-state index is 12.2. The van der Waals surface area contributed by atoms with Crippen molar-refractivity contribution in [3.8, 4) is 0 Å². The second-order valence-electron chi connectivity index (χ2n) is 4.23. The monoisotopic (exact) mass is 267 g/mol. The first-order valence-corrected chi connectivity index (χ1v) is 6.10. The number of nitrogens with one attached hydrogen (secondary N) is 1. The molecule has 0 fully saturated rings. The predicted molar refractivity (Wildman–Crippen MR) is 74.6 cm³/mol. The first kappa shape index (κ1) is 14.4. The fraction of sp³-hybridized carbons (Fsp3) is 0.417. The zero-order chi connectivity index (χ0) is 13.7. The van der Waals surface area contributed by atoms with Crippen molar-refractivity contribution >= 4 is 23.1 Å². The standard InChI is InChI=1S/C12H17N3O2S/c1-8(2)15(6-4-11(13)18)12(17)9-7-14-5-3-10(9)16/h3,5,7-8H,4,6H2,1-2H3,(H2,13,18)(H,14,16). The minimum absolute atomic E-state index is 0.0218. The second kappa shape index (κ2) is 6.30. The molecule has 18 heavy (non-hydrogen) atoms. The van der Waals surface area contributed by atoms with E-state index in [0.717, 1.165) is 0 Å². The molecule has 1 aromatic heterocycles. The number of pyridine rings is 1. The number of amides is 1. The molecule has 1 amide bonds. The number of carbonyl (C=O) groups is 1. The lowest BCUT2D eigenvalue weighted by atomic mass is 10.2. The van der Waals surface area contributed by atoms with Crippen molar-refractivity contribution in [2.24, 2.45) is 5.73 Å². The molecule has 0 spiro atoms.